The van der Waals surface area contributed by atoms with Gasteiger partial charge in [-0.2, -0.15) is 0 Å². The second-order valence-electron chi connectivity index (χ2n) is 4.16. The van der Waals surface area contributed by atoms with Crippen LogP contribution in [0.3, 0.4) is 0 Å². The van der Waals surface area contributed by atoms with Crippen LogP contribution in [0.4, 0.5) is 5.69 Å². The fourth-order valence-corrected chi connectivity index (χ4v) is 2.16. The predicted octanol–water partition coefficient (Wildman–Crippen LogP) is 4.18. The van der Waals surface area contributed by atoms with Gasteiger partial charge in [0.1, 0.15) is 5.75 Å². The van der Waals surface area contributed by atoms with Crippen molar-refractivity contribution in [3.05, 3.63) is 58.1 Å². The van der Waals surface area contributed by atoms with Crippen LogP contribution in [0, 0.1) is 0 Å². The highest BCUT2D eigenvalue weighted by atomic mass is 35.5. The quantitative estimate of drug-likeness (QED) is 0.920. The van der Waals surface area contributed by atoms with E-state index in [0.717, 1.165) is 5.56 Å². The summed E-state index contributed by atoms with van der Waals surface area (Å²) in [4.78, 5) is 12.0. The van der Waals surface area contributed by atoms with Gasteiger partial charge in [0.05, 0.1) is 19.2 Å². The van der Waals surface area contributed by atoms with E-state index in [1.807, 2.05) is 18.2 Å². The molecule has 0 unspecified atom stereocenters. The van der Waals surface area contributed by atoms with Gasteiger partial charge in [-0.3, -0.25) is 4.79 Å². The first-order valence-corrected chi connectivity index (χ1v) is 6.72. The number of rotatable bonds is 4. The number of anilines is 1. The molecule has 0 aliphatic heterocycles. The lowest BCUT2D eigenvalue weighted by molar-refractivity contribution is -0.115. The van der Waals surface area contributed by atoms with E-state index in [2.05, 4.69) is 5.32 Å². The second-order valence-corrected chi connectivity index (χ2v) is 5.00. The molecule has 0 saturated heterocycles. The molecule has 0 atom stereocenters. The average Bonchev–Trinajstić information content (AvgIpc) is 2.41. The zero-order valence-corrected chi connectivity index (χ0v) is 12.3. The number of hydrogen-bond donors (Lipinski definition) is 1. The number of nitrogens with one attached hydrogen (secondary N) is 1. The number of methoxy groups -OCH3 is 1. The van der Waals surface area contributed by atoms with E-state index in [1.54, 1.807) is 24.3 Å². The van der Waals surface area contributed by atoms with Gasteiger partial charge in [-0.25, -0.2) is 0 Å². The normalized spacial score (nSPS) is 10.2. The Morgan fingerprint density at radius 3 is 2.65 bits per heavy atom. The third-order valence-electron chi connectivity index (χ3n) is 2.74. The van der Waals surface area contributed by atoms with Crippen molar-refractivity contribution in [3.8, 4) is 5.75 Å². The third kappa shape index (κ3) is 3.65. The number of ether oxygens (including phenoxy) is 1. The van der Waals surface area contributed by atoms with Gasteiger partial charge in [0.2, 0.25) is 5.91 Å². The number of amides is 1. The molecule has 0 aliphatic carbocycles. The zero-order chi connectivity index (χ0) is 14.5. The number of halogens is 2. The lowest BCUT2D eigenvalue weighted by Gasteiger charge is -2.11. The summed E-state index contributed by atoms with van der Waals surface area (Å²) in [6.07, 6.45) is 0.190. The smallest absolute Gasteiger partial charge is 0.228 e. The molecular formula is C15H13Cl2NO2. The van der Waals surface area contributed by atoms with Gasteiger partial charge in [-0.05, 0) is 29.8 Å². The molecule has 2 aromatic rings. The summed E-state index contributed by atoms with van der Waals surface area (Å²) in [5.74, 6) is 0.376. The fourth-order valence-electron chi connectivity index (χ4n) is 1.79. The molecule has 104 valence electrons. The highest BCUT2D eigenvalue weighted by Gasteiger charge is 2.10. The Kier molecular flexibility index (Phi) is 4.88. The minimum atomic E-state index is -0.182. The Hall–Kier alpha value is -1.71. The van der Waals surface area contributed by atoms with Crippen molar-refractivity contribution in [1.29, 1.82) is 0 Å². The van der Waals surface area contributed by atoms with Crippen LogP contribution >= 0.6 is 23.2 Å². The Balaban J connectivity index is 2.12. The Bertz CT molecular complexity index is 629. The van der Waals surface area contributed by atoms with E-state index < -0.39 is 0 Å². The molecule has 0 fully saturated rings. The first kappa shape index (κ1) is 14.7. The van der Waals surface area contributed by atoms with Gasteiger partial charge in [-0.15, -0.1) is 0 Å². The topological polar surface area (TPSA) is 38.3 Å². The highest BCUT2D eigenvalue weighted by molar-refractivity contribution is 6.31. The second kappa shape index (κ2) is 6.64. The number of hydrogen-bond acceptors (Lipinski definition) is 2. The van der Waals surface area contributed by atoms with Gasteiger partial charge in [0.15, 0.2) is 0 Å². The SMILES string of the molecule is COc1ccc(Cl)cc1NC(=O)Cc1ccccc1Cl. The molecule has 0 bridgehead atoms. The molecule has 0 spiro atoms. The minimum absolute atomic E-state index is 0.182. The molecular weight excluding hydrogens is 297 g/mol. The molecule has 1 N–H and O–H groups in total. The summed E-state index contributed by atoms with van der Waals surface area (Å²) in [6.45, 7) is 0. The monoisotopic (exact) mass is 309 g/mol. The van der Waals surface area contributed by atoms with E-state index in [0.29, 0.717) is 21.5 Å². The van der Waals surface area contributed by atoms with Crippen molar-refractivity contribution in [1.82, 2.24) is 0 Å². The summed E-state index contributed by atoms with van der Waals surface area (Å²) >= 11 is 11.9. The summed E-state index contributed by atoms with van der Waals surface area (Å²) in [6, 6.07) is 12.3. The molecule has 20 heavy (non-hydrogen) atoms. The number of carbonyl (C=O) groups excluding carboxylic acids is 1. The van der Waals surface area contributed by atoms with Crippen LogP contribution in [-0.4, -0.2) is 13.0 Å². The molecule has 0 saturated carbocycles. The van der Waals surface area contributed by atoms with E-state index in [9.17, 15) is 4.79 Å². The number of carbonyl (C=O) groups is 1. The predicted molar refractivity (Wildman–Crippen MR) is 81.8 cm³/mol. The maximum Gasteiger partial charge on any atom is 0.228 e. The van der Waals surface area contributed by atoms with Crippen LogP contribution in [0.1, 0.15) is 5.56 Å². The van der Waals surface area contributed by atoms with E-state index in [-0.39, 0.29) is 12.3 Å². The summed E-state index contributed by atoms with van der Waals surface area (Å²) in [5.41, 5.74) is 1.31. The van der Waals surface area contributed by atoms with Crippen LogP contribution in [0.2, 0.25) is 10.0 Å². The van der Waals surface area contributed by atoms with Gasteiger partial charge in [-0.1, -0.05) is 41.4 Å². The number of benzene rings is 2. The Morgan fingerprint density at radius 2 is 1.95 bits per heavy atom. The minimum Gasteiger partial charge on any atom is -0.495 e. The molecule has 0 heterocycles. The van der Waals surface area contributed by atoms with Crippen molar-refractivity contribution in [2.75, 3.05) is 12.4 Å². The van der Waals surface area contributed by atoms with Crippen LogP contribution in [0.25, 0.3) is 0 Å². The van der Waals surface area contributed by atoms with Crippen LogP contribution in [0.15, 0.2) is 42.5 Å². The molecule has 3 nitrogen and oxygen atoms in total. The van der Waals surface area contributed by atoms with Crippen molar-refractivity contribution in [3.63, 3.8) is 0 Å². The summed E-state index contributed by atoms with van der Waals surface area (Å²) in [7, 11) is 1.53. The van der Waals surface area contributed by atoms with E-state index in [4.69, 9.17) is 27.9 Å². The van der Waals surface area contributed by atoms with E-state index in [1.165, 1.54) is 7.11 Å². The maximum absolute atomic E-state index is 12.0. The first-order valence-electron chi connectivity index (χ1n) is 5.97. The molecule has 1 amide bonds. The lowest BCUT2D eigenvalue weighted by Crippen LogP contribution is -2.15. The largest absolute Gasteiger partial charge is 0.495 e. The summed E-state index contributed by atoms with van der Waals surface area (Å²) < 4.78 is 5.18. The average molecular weight is 310 g/mol. The van der Waals surface area contributed by atoms with Crippen molar-refractivity contribution < 1.29 is 9.53 Å². The molecule has 5 heteroatoms. The molecule has 2 rings (SSSR count). The van der Waals surface area contributed by atoms with Gasteiger partial charge in [0, 0.05) is 10.0 Å². The van der Waals surface area contributed by atoms with Crippen LogP contribution in [-0.2, 0) is 11.2 Å². The van der Waals surface area contributed by atoms with Gasteiger partial charge >= 0.3 is 0 Å². The van der Waals surface area contributed by atoms with Gasteiger partial charge in [0.25, 0.3) is 0 Å². The first-order chi connectivity index (χ1) is 9.60. The molecule has 0 radical (unpaired) electrons. The fraction of sp³-hybridized carbons (Fsp3) is 0.133. The van der Waals surface area contributed by atoms with E-state index >= 15 is 0 Å². The highest BCUT2D eigenvalue weighted by Crippen LogP contribution is 2.28. The van der Waals surface area contributed by atoms with Crippen molar-refractivity contribution >= 4 is 34.8 Å². The molecule has 2 aromatic carbocycles. The van der Waals surface area contributed by atoms with Gasteiger partial charge < -0.3 is 10.1 Å². The molecule has 0 aliphatic rings. The van der Waals surface area contributed by atoms with Crippen molar-refractivity contribution in [2.24, 2.45) is 0 Å². The third-order valence-corrected chi connectivity index (χ3v) is 3.35. The summed E-state index contributed by atoms with van der Waals surface area (Å²) in [5, 5.41) is 3.87. The maximum atomic E-state index is 12.0. The Morgan fingerprint density at radius 1 is 1.20 bits per heavy atom. The standard InChI is InChI=1S/C15H13Cl2NO2/c1-20-14-7-6-11(16)9-13(14)18-15(19)8-10-4-2-3-5-12(10)17/h2-7,9H,8H2,1H3,(H,18,19). The molecule has 0 aromatic heterocycles. The lowest BCUT2D eigenvalue weighted by atomic mass is 10.1. The van der Waals surface area contributed by atoms with Crippen LogP contribution in [0.5, 0.6) is 5.75 Å². The zero-order valence-electron chi connectivity index (χ0n) is 10.8. The van der Waals surface area contributed by atoms with Crippen LogP contribution < -0.4 is 10.1 Å². The van der Waals surface area contributed by atoms with Crippen molar-refractivity contribution in [2.45, 2.75) is 6.42 Å². The Labute approximate surface area is 127 Å².